The third kappa shape index (κ3) is 5.47. The molecule has 1 fully saturated rings. The van der Waals surface area contributed by atoms with Crippen LogP contribution in [0.3, 0.4) is 0 Å². The molecule has 1 aromatic carbocycles. The van der Waals surface area contributed by atoms with E-state index in [2.05, 4.69) is 15.3 Å². The molecule has 0 bridgehead atoms. The van der Waals surface area contributed by atoms with Crippen molar-refractivity contribution in [2.24, 2.45) is 0 Å². The molecule has 156 valence electrons. The lowest BCUT2D eigenvalue weighted by Gasteiger charge is -2.28. The van der Waals surface area contributed by atoms with Gasteiger partial charge in [-0.3, -0.25) is 4.79 Å². The average molecular weight is 408 g/mol. The molecule has 1 saturated carbocycles. The van der Waals surface area contributed by atoms with Gasteiger partial charge in [-0.2, -0.15) is 5.26 Å². The van der Waals surface area contributed by atoms with Crippen molar-refractivity contribution in [1.82, 2.24) is 15.3 Å². The molecule has 1 N–H and O–H groups in total. The Morgan fingerprint density at radius 3 is 2.57 bits per heavy atom. The first-order valence-corrected chi connectivity index (χ1v) is 9.71. The van der Waals surface area contributed by atoms with Gasteiger partial charge in [0.1, 0.15) is 12.2 Å². The lowest BCUT2D eigenvalue weighted by molar-refractivity contribution is -0.117. The Morgan fingerprint density at radius 2 is 1.87 bits per heavy atom. The van der Waals surface area contributed by atoms with Crippen LogP contribution < -0.4 is 19.5 Å². The van der Waals surface area contributed by atoms with E-state index >= 15 is 0 Å². The van der Waals surface area contributed by atoms with E-state index in [1.807, 2.05) is 18.2 Å². The molecule has 0 radical (unpaired) electrons. The first-order valence-electron chi connectivity index (χ1n) is 9.71. The highest BCUT2D eigenvalue weighted by Gasteiger charge is 2.24. The van der Waals surface area contributed by atoms with Crippen LogP contribution in [-0.2, 0) is 4.79 Å². The highest BCUT2D eigenvalue weighted by Crippen LogP contribution is 2.28. The maximum absolute atomic E-state index is 12.3. The summed E-state index contributed by atoms with van der Waals surface area (Å²) in [6.07, 6.45) is 9.32. The molecule has 1 heterocycles. The molecule has 0 spiro atoms. The van der Waals surface area contributed by atoms with Crippen molar-refractivity contribution in [2.75, 3.05) is 14.2 Å². The van der Waals surface area contributed by atoms with E-state index in [1.165, 1.54) is 18.5 Å². The van der Waals surface area contributed by atoms with Crippen LogP contribution in [0.4, 0.5) is 0 Å². The molecule has 8 heteroatoms. The summed E-state index contributed by atoms with van der Waals surface area (Å²) in [5.74, 6) is 1.38. The zero-order valence-corrected chi connectivity index (χ0v) is 17.0. The lowest BCUT2D eigenvalue weighted by atomic mass is 9.93. The summed E-state index contributed by atoms with van der Waals surface area (Å²) >= 11 is 0. The van der Waals surface area contributed by atoms with Crippen molar-refractivity contribution in [1.29, 1.82) is 5.26 Å². The largest absolute Gasteiger partial charge is 0.493 e. The smallest absolute Gasteiger partial charge is 0.251 e. The molecule has 0 saturated heterocycles. The Hall–Kier alpha value is -3.60. The number of hydrogen-bond donors (Lipinski definition) is 1. The van der Waals surface area contributed by atoms with Gasteiger partial charge >= 0.3 is 0 Å². The first kappa shape index (κ1) is 21.1. The zero-order chi connectivity index (χ0) is 21.3. The number of carbonyl (C=O) groups excluding carboxylic acids is 1. The van der Waals surface area contributed by atoms with Crippen LogP contribution in [-0.4, -0.2) is 42.2 Å². The minimum Gasteiger partial charge on any atom is -0.493 e. The van der Waals surface area contributed by atoms with Gasteiger partial charge in [0.05, 0.1) is 14.2 Å². The normalized spacial score (nSPS) is 18.4. The van der Waals surface area contributed by atoms with Crippen molar-refractivity contribution < 1.29 is 19.0 Å². The van der Waals surface area contributed by atoms with Crippen LogP contribution in [0.1, 0.15) is 36.9 Å². The first-order chi connectivity index (χ1) is 14.6. The topological polar surface area (TPSA) is 106 Å². The number of hydrogen-bond acceptors (Lipinski definition) is 7. The van der Waals surface area contributed by atoms with Gasteiger partial charge in [-0.05, 0) is 49.5 Å². The summed E-state index contributed by atoms with van der Waals surface area (Å²) in [4.78, 5) is 20.3. The predicted molar refractivity (Wildman–Crippen MR) is 110 cm³/mol. The molecule has 1 aliphatic carbocycles. The lowest BCUT2D eigenvalue weighted by Crippen LogP contribution is -2.39. The van der Waals surface area contributed by atoms with Gasteiger partial charge in [-0.25, -0.2) is 9.97 Å². The van der Waals surface area contributed by atoms with Crippen LogP contribution in [0, 0.1) is 11.3 Å². The third-order valence-electron chi connectivity index (χ3n) is 4.90. The molecule has 3 rings (SSSR count). The second-order valence-corrected chi connectivity index (χ2v) is 6.87. The Bertz CT molecular complexity index is 946. The minimum absolute atomic E-state index is 0.0377. The molecule has 8 nitrogen and oxygen atoms in total. The van der Waals surface area contributed by atoms with E-state index < -0.39 is 0 Å². The maximum atomic E-state index is 12.3. The molecule has 0 atom stereocenters. The fraction of sp³-hybridized carbons (Fsp3) is 0.364. The standard InChI is InChI=1S/C22H24N4O4/c1-28-19-9-3-15(13-20(19)29-2)4-10-21(27)26-16-5-7-17(8-6-16)30-22-18(14-23)24-11-12-25-22/h3-4,9-13,16-17H,5-8H2,1-2H3,(H,26,27)/b10-4+. The van der Waals surface area contributed by atoms with E-state index in [1.54, 1.807) is 26.4 Å². The molecule has 1 aliphatic rings. The Labute approximate surface area is 175 Å². The summed E-state index contributed by atoms with van der Waals surface area (Å²) < 4.78 is 16.3. The van der Waals surface area contributed by atoms with Gasteiger partial charge in [-0.15, -0.1) is 0 Å². The van der Waals surface area contributed by atoms with Crippen molar-refractivity contribution >= 4 is 12.0 Å². The molecule has 2 aromatic rings. The van der Waals surface area contributed by atoms with Gasteiger partial charge < -0.3 is 19.5 Å². The van der Waals surface area contributed by atoms with Crippen LogP contribution >= 0.6 is 0 Å². The van der Waals surface area contributed by atoms with Gasteiger partial charge in [-0.1, -0.05) is 6.07 Å². The van der Waals surface area contributed by atoms with Crippen LogP contribution in [0.25, 0.3) is 6.08 Å². The van der Waals surface area contributed by atoms with Crippen LogP contribution in [0.2, 0.25) is 0 Å². The number of ether oxygens (including phenoxy) is 3. The minimum atomic E-state index is -0.144. The number of rotatable bonds is 7. The summed E-state index contributed by atoms with van der Waals surface area (Å²) in [5.41, 5.74) is 1.03. The van der Waals surface area contributed by atoms with E-state index in [-0.39, 0.29) is 29.6 Å². The number of nitrogens with zero attached hydrogens (tertiary/aromatic N) is 3. The van der Waals surface area contributed by atoms with Crippen LogP contribution in [0.5, 0.6) is 17.4 Å². The second-order valence-electron chi connectivity index (χ2n) is 6.87. The fourth-order valence-electron chi connectivity index (χ4n) is 3.35. The molecule has 30 heavy (non-hydrogen) atoms. The number of nitriles is 1. The number of carbonyl (C=O) groups is 1. The fourth-order valence-corrected chi connectivity index (χ4v) is 3.35. The Kier molecular flexibility index (Phi) is 7.22. The van der Waals surface area contributed by atoms with E-state index in [0.29, 0.717) is 11.5 Å². The van der Waals surface area contributed by atoms with E-state index in [0.717, 1.165) is 31.2 Å². The molecule has 0 unspecified atom stereocenters. The molecular formula is C22H24N4O4. The van der Waals surface area contributed by atoms with Gasteiger partial charge in [0.15, 0.2) is 11.5 Å². The van der Waals surface area contributed by atoms with Crippen molar-refractivity contribution in [3.63, 3.8) is 0 Å². The Balaban J connectivity index is 1.48. The highest BCUT2D eigenvalue weighted by atomic mass is 16.5. The highest BCUT2D eigenvalue weighted by molar-refractivity contribution is 5.92. The van der Waals surface area contributed by atoms with Gasteiger partial charge in [0, 0.05) is 24.5 Å². The van der Waals surface area contributed by atoms with Crippen molar-refractivity contribution in [3.05, 3.63) is 47.9 Å². The SMILES string of the molecule is COc1ccc(/C=C/C(=O)NC2CCC(Oc3nccnc3C#N)CC2)cc1OC. The molecule has 1 amide bonds. The quantitative estimate of drug-likeness (QED) is 0.702. The average Bonchev–Trinajstić information content (AvgIpc) is 2.79. The van der Waals surface area contributed by atoms with Crippen LogP contribution in [0.15, 0.2) is 36.7 Å². The second kappa shape index (κ2) is 10.3. The third-order valence-corrected chi connectivity index (χ3v) is 4.90. The summed E-state index contributed by atoms with van der Waals surface area (Å²) in [5, 5.41) is 12.1. The van der Waals surface area contributed by atoms with Gasteiger partial charge in [0.2, 0.25) is 11.6 Å². The number of nitrogens with one attached hydrogen (secondary N) is 1. The molecule has 0 aliphatic heterocycles. The zero-order valence-electron chi connectivity index (χ0n) is 17.0. The number of aromatic nitrogens is 2. The van der Waals surface area contributed by atoms with Crippen molar-refractivity contribution in [3.8, 4) is 23.4 Å². The summed E-state index contributed by atoms with van der Waals surface area (Å²) in [6.45, 7) is 0. The number of amides is 1. The Morgan fingerprint density at radius 1 is 1.13 bits per heavy atom. The summed E-state index contributed by atoms with van der Waals surface area (Å²) in [7, 11) is 3.15. The predicted octanol–water partition coefficient (Wildman–Crippen LogP) is 2.89. The van der Waals surface area contributed by atoms with Gasteiger partial charge in [0.25, 0.3) is 5.88 Å². The molecule has 1 aromatic heterocycles. The molecular weight excluding hydrogens is 384 g/mol. The summed E-state index contributed by atoms with van der Waals surface area (Å²) in [6, 6.07) is 7.54. The number of benzene rings is 1. The monoisotopic (exact) mass is 408 g/mol. The number of methoxy groups -OCH3 is 2. The van der Waals surface area contributed by atoms with E-state index in [4.69, 9.17) is 19.5 Å². The van der Waals surface area contributed by atoms with E-state index in [9.17, 15) is 4.79 Å². The maximum Gasteiger partial charge on any atom is 0.251 e. The van der Waals surface area contributed by atoms with Crippen molar-refractivity contribution in [2.45, 2.75) is 37.8 Å².